The molecule has 0 aliphatic carbocycles. The molecule has 40 heavy (non-hydrogen) atoms. The van der Waals surface area contributed by atoms with Crippen molar-refractivity contribution in [3.8, 4) is 17.0 Å². The number of nitrogens with zero attached hydrogens (tertiary/aromatic N) is 3. The number of aromatic nitrogens is 2. The number of halogens is 1. The van der Waals surface area contributed by atoms with Crippen molar-refractivity contribution in [3.63, 3.8) is 0 Å². The Labute approximate surface area is 237 Å². The maximum Gasteiger partial charge on any atom is 0.281 e. The minimum atomic E-state index is -4.30. The largest absolute Gasteiger partial charge is 0.493 e. The summed E-state index contributed by atoms with van der Waals surface area (Å²) in [7, 11) is -4.30. The SMILES string of the molecule is CC(C)COc1cc(F)cc(-c2ccc(C(=O)NS(=O)(=O)c3cccc(N)n3)c(N3CCCC34CCNC4)n2)c1.[HH].[HH].[HH]. The molecule has 3 aromatic rings. The lowest BCUT2D eigenvalue weighted by molar-refractivity contribution is 0.0981. The van der Waals surface area contributed by atoms with Gasteiger partial charge in [0.15, 0.2) is 5.03 Å². The van der Waals surface area contributed by atoms with Crippen LogP contribution in [0.25, 0.3) is 11.3 Å². The van der Waals surface area contributed by atoms with Crippen molar-refractivity contribution in [2.45, 2.75) is 43.7 Å². The minimum absolute atomic E-state index is 0. The van der Waals surface area contributed by atoms with Gasteiger partial charge in [0.1, 0.15) is 23.2 Å². The van der Waals surface area contributed by atoms with E-state index in [0.717, 1.165) is 32.4 Å². The molecule has 0 bridgehead atoms. The van der Waals surface area contributed by atoms with E-state index < -0.39 is 21.7 Å². The highest BCUT2D eigenvalue weighted by molar-refractivity contribution is 7.90. The lowest BCUT2D eigenvalue weighted by Gasteiger charge is -2.36. The smallest absolute Gasteiger partial charge is 0.281 e. The molecule has 1 spiro atoms. The molecule has 10 nitrogen and oxygen atoms in total. The van der Waals surface area contributed by atoms with Crippen LogP contribution in [0.2, 0.25) is 0 Å². The van der Waals surface area contributed by atoms with Crippen molar-refractivity contribution in [1.82, 2.24) is 20.0 Å². The molecule has 2 aliphatic rings. The van der Waals surface area contributed by atoms with Crippen molar-refractivity contribution in [3.05, 3.63) is 59.9 Å². The maximum absolute atomic E-state index is 14.6. The minimum Gasteiger partial charge on any atom is -0.493 e. The molecule has 2 aromatic heterocycles. The van der Waals surface area contributed by atoms with Gasteiger partial charge in [-0.1, -0.05) is 19.9 Å². The Morgan fingerprint density at radius 2 is 2.05 bits per heavy atom. The molecule has 12 heteroatoms. The topological polar surface area (TPSA) is 140 Å². The zero-order valence-electron chi connectivity index (χ0n) is 22.5. The first-order valence-electron chi connectivity index (χ1n) is 13.3. The fraction of sp³-hybridized carbons (Fsp3) is 0.393. The van der Waals surface area contributed by atoms with E-state index in [-0.39, 0.29) is 32.1 Å². The second-order valence-corrected chi connectivity index (χ2v) is 12.3. The number of hydrogen-bond acceptors (Lipinski definition) is 9. The number of nitrogens with two attached hydrogens (primary N) is 1. The summed E-state index contributed by atoms with van der Waals surface area (Å²) in [6, 6.07) is 11.7. The van der Waals surface area contributed by atoms with Gasteiger partial charge in [-0.15, -0.1) is 0 Å². The van der Waals surface area contributed by atoms with Gasteiger partial charge in [0.25, 0.3) is 15.9 Å². The molecule has 0 radical (unpaired) electrons. The monoisotopic (exact) mass is 574 g/mol. The Hall–Kier alpha value is -3.77. The van der Waals surface area contributed by atoms with Crippen LogP contribution in [-0.2, 0) is 10.0 Å². The van der Waals surface area contributed by atoms with Crippen LogP contribution in [0.1, 0.15) is 47.7 Å². The summed E-state index contributed by atoms with van der Waals surface area (Å²) in [6.07, 6.45) is 2.66. The highest BCUT2D eigenvalue weighted by Gasteiger charge is 2.45. The van der Waals surface area contributed by atoms with E-state index in [1.54, 1.807) is 12.1 Å². The summed E-state index contributed by atoms with van der Waals surface area (Å²) < 4.78 is 48.4. The number of ether oxygens (including phenoxy) is 1. The van der Waals surface area contributed by atoms with Crippen LogP contribution in [0.3, 0.4) is 0 Å². The van der Waals surface area contributed by atoms with E-state index in [4.69, 9.17) is 15.5 Å². The lowest BCUT2D eigenvalue weighted by Crippen LogP contribution is -2.47. The van der Waals surface area contributed by atoms with Crippen molar-refractivity contribution in [1.29, 1.82) is 0 Å². The van der Waals surface area contributed by atoms with E-state index in [0.29, 0.717) is 36.0 Å². The number of nitrogen functional groups attached to an aromatic ring is 1. The second kappa shape index (κ2) is 11.0. The number of carbonyl (C=O) groups excluding carboxylic acids is 1. The Morgan fingerprint density at radius 3 is 2.77 bits per heavy atom. The van der Waals surface area contributed by atoms with Crippen LogP contribution in [-0.4, -0.2) is 56.1 Å². The first kappa shape index (κ1) is 27.8. The molecule has 5 rings (SSSR count). The summed E-state index contributed by atoms with van der Waals surface area (Å²) in [5.41, 5.74) is 6.42. The molecule has 1 unspecified atom stereocenters. The molecule has 4 N–H and O–H groups in total. The standard InChI is InChI=1S/C28H33FN6O4S.3H2/c1-18(2)16-39-21-14-19(13-20(29)15-21)23-8-7-22(26(32-23)35-12-4-9-28(35)10-11-31-17-28)27(36)34-40(37,38)25-6-3-5-24(30)33-25;;;/h3,5-8,13-15,18,31H,4,9-12,16-17H2,1-2H3,(H2,30,33)(H,34,36);3*1H. The third-order valence-corrected chi connectivity index (χ3v) is 8.42. The highest BCUT2D eigenvalue weighted by Crippen LogP contribution is 2.40. The van der Waals surface area contributed by atoms with E-state index in [9.17, 15) is 17.6 Å². The van der Waals surface area contributed by atoms with Crippen LogP contribution in [0, 0.1) is 11.7 Å². The third-order valence-electron chi connectivity index (χ3n) is 7.19. The van der Waals surface area contributed by atoms with Gasteiger partial charge in [0.2, 0.25) is 0 Å². The molecule has 2 fully saturated rings. The maximum atomic E-state index is 14.6. The quantitative estimate of drug-likeness (QED) is 0.363. The third kappa shape index (κ3) is 5.73. The summed E-state index contributed by atoms with van der Waals surface area (Å²) in [5.74, 6) is -0.305. The van der Waals surface area contributed by atoms with Crippen LogP contribution in [0.4, 0.5) is 16.0 Å². The lowest BCUT2D eigenvalue weighted by atomic mass is 9.94. The zero-order valence-corrected chi connectivity index (χ0v) is 23.3. The van der Waals surface area contributed by atoms with Gasteiger partial charge in [0, 0.05) is 29.0 Å². The van der Waals surface area contributed by atoms with E-state index >= 15 is 0 Å². The molecule has 1 atom stereocenters. The van der Waals surface area contributed by atoms with Gasteiger partial charge in [-0.3, -0.25) is 4.79 Å². The van der Waals surface area contributed by atoms with Crippen LogP contribution < -0.4 is 25.4 Å². The Kier molecular flexibility index (Phi) is 7.65. The molecule has 2 aliphatic heterocycles. The molecule has 2 saturated heterocycles. The molecular formula is C28H39FN6O4S. The summed E-state index contributed by atoms with van der Waals surface area (Å²) in [5, 5.41) is 3.04. The Balaban J connectivity index is 0.00000215. The second-order valence-electron chi connectivity index (χ2n) is 10.7. The van der Waals surface area contributed by atoms with Crippen LogP contribution in [0.15, 0.2) is 53.6 Å². The predicted octanol–water partition coefficient (Wildman–Crippen LogP) is 4.09. The highest BCUT2D eigenvalue weighted by atomic mass is 32.2. The first-order chi connectivity index (χ1) is 19.1. The van der Waals surface area contributed by atoms with E-state index in [2.05, 4.69) is 19.9 Å². The van der Waals surface area contributed by atoms with Crippen molar-refractivity contribution in [2.24, 2.45) is 5.92 Å². The summed E-state index contributed by atoms with van der Waals surface area (Å²) >= 11 is 0. The zero-order chi connectivity index (χ0) is 28.5. The number of rotatable bonds is 8. The number of hydrogen-bond donors (Lipinski definition) is 3. The van der Waals surface area contributed by atoms with Crippen molar-refractivity contribution < 1.29 is 26.6 Å². The number of nitrogens with one attached hydrogen (secondary N) is 2. The van der Waals surface area contributed by atoms with Crippen molar-refractivity contribution >= 4 is 27.6 Å². The number of pyridine rings is 2. The Bertz CT molecular complexity index is 1540. The van der Waals surface area contributed by atoms with Gasteiger partial charge < -0.3 is 20.7 Å². The number of carbonyl (C=O) groups is 1. The molecular weight excluding hydrogens is 535 g/mol. The summed E-state index contributed by atoms with van der Waals surface area (Å²) in [6.45, 7) is 6.63. The van der Waals surface area contributed by atoms with Crippen LogP contribution >= 0.6 is 0 Å². The average Bonchev–Trinajstić information content (AvgIpc) is 3.56. The first-order valence-corrected chi connectivity index (χ1v) is 14.8. The average molecular weight is 575 g/mol. The van der Waals surface area contributed by atoms with Gasteiger partial charge in [-0.2, -0.15) is 8.42 Å². The fourth-order valence-electron chi connectivity index (χ4n) is 5.30. The normalized spacial score (nSPS) is 18.9. The van der Waals surface area contributed by atoms with E-state index in [1.807, 2.05) is 13.8 Å². The molecule has 0 saturated carbocycles. The number of anilines is 2. The van der Waals surface area contributed by atoms with Crippen molar-refractivity contribution in [2.75, 3.05) is 36.9 Å². The number of sulfonamides is 1. The molecule has 218 valence electrons. The number of benzene rings is 1. The van der Waals surface area contributed by atoms with E-state index in [1.165, 1.54) is 36.4 Å². The molecule has 1 aromatic carbocycles. The van der Waals surface area contributed by atoms with Gasteiger partial charge in [0.05, 0.1) is 23.4 Å². The van der Waals surface area contributed by atoms with Crippen LogP contribution in [0.5, 0.6) is 5.75 Å². The van der Waals surface area contributed by atoms with Gasteiger partial charge in [-0.25, -0.2) is 19.1 Å². The fourth-order valence-corrected chi connectivity index (χ4v) is 6.24. The Morgan fingerprint density at radius 1 is 1.23 bits per heavy atom. The predicted molar refractivity (Wildman–Crippen MR) is 156 cm³/mol. The van der Waals surface area contributed by atoms with Gasteiger partial charge >= 0.3 is 0 Å². The summed E-state index contributed by atoms with van der Waals surface area (Å²) in [4.78, 5) is 24.3. The number of amides is 1. The van der Waals surface area contributed by atoms with Gasteiger partial charge in [-0.05, 0) is 68.1 Å². The molecule has 4 heterocycles. The molecule has 1 amide bonds.